The molecule has 114 valence electrons. The van der Waals surface area contributed by atoms with Crippen molar-refractivity contribution in [2.75, 3.05) is 7.11 Å². The molecule has 4 aliphatic carbocycles. The lowest BCUT2D eigenvalue weighted by molar-refractivity contribution is -0.0143. The van der Waals surface area contributed by atoms with Gasteiger partial charge in [0.25, 0.3) is 0 Å². The molecule has 1 heterocycles. The predicted octanol–water partition coefficient (Wildman–Crippen LogP) is 2.72. The van der Waals surface area contributed by atoms with Crippen LogP contribution < -0.4 is 5.32 Å². The van der Waals surface area contributed by atoms with Crippen LogP contribution in [0.1, 0.15) is 48.3 Å². The fourth-order valence-electron chi connectivity index (χ4n) is 5.26. The van der Waals surface area contributed by atoms with E-state index in [1.165, 1.54) is 39.2 Å². The van der Waals surface area contributed by atoms with Gasteiger partial charge in [-0.05, 0) is 67.9 Å². The van der Waals surface area contributed by atoms with Crippen molar-refractivity contribution in [3.8, 4) is 0 Å². The van der Waals surface area contributed by atoms with Crippen LogP contribution in [0, 0.1) is 23.7 Å². The maximum Gasteiger partial charge on any atom is 0.354 e. The van der Waals surface area contributed by atoms with Crippen LogP contribution >= 0.6 is 0 Å². The smallest absolute Gasteiger partial charge is 0.354 e. The third kappa shape index (κ3) is 2.39. The molecule has 4 heteroatoms. The highest BCUT2D eigenvalue weighted by atomic mass is 16.5. The van der Waals surface area contributed by atoms with Crippen LogP contribution in [0.4, 0.5) is 0 Å². The lowest BCUT2D eigenvalue weighted by Gasteiger charge is -2.54. The first-order valence-electron chi connectivity index (χ1n) is 8.22. The largest absolute Gasteiger partial charge is 0.464 e. The zero-order valence-electron chi connectivity index (χ0n) is 12.6. The van der Waals surface area contributed by atoms with Crippen molar-refractivity contribution in [3.63, 3.8) is 0 Å². The van der Waals surface area contributed by atoms with Crippen LogP contribution in [0.5, 0.6) is 0 Å². The van der Waals surface area contributed by atoms with Gasteiger partial charge in [0.15, 0.2) is 0 Å². The summed E-state index contributed by atoms with van der Waals surface area (Å²) in [6.07, 6.45) is 7.23. The lowest BCUT2D eigenvalue weighted by atomic mass is 9.54. The van der Waals surface area contributed by atoms with Gasteiger partial charge in [-0.2, -0.15) is 0 Å². The molecule has 1 aromatic rings. The van der Waals surface area contributed by atoms with Crippen LogP contribution in [0.2, 0.25) is 0 Å². The Balaban J connectivity index is 1.38. The third-order valence-corrected chi connectivity index (χ3v) is 5.91. The van der Waals surface area contributed by atoms with Crippen LogP contribution in [0.3, 0.4) is 0 Å². The first-order chi connectivity index (χ1) is 10.2. The summed E-state index contributed by atoms with van der Waals surface area (Å²) in [5, 5.41) is 3.77. The number of nitrogens with one attached hydrogen (secondary N) is 2. The van der Waals surface area contributed by atoms with Crippen molar-refractivity contribution >= 4 is 5.97 Å². The summed E-state index contributed by atoms with van der Waals surface area (Å²) in [6, 6.07) is 4.47. The van der Waals surface area contributed by atoms with Crippen molar-refractivity contribution in [2.24, 2.45) is 23.7 Å². The van der Waals surface area contributed by atoms with Crippen molar-refractivity contribution in [2.45, 2.75) is 44.7 Å². The molecule has 0 unspecified atom stereocenters. The Labute approximate surface area is 125 Å². The Morgan fingerprint density at radius 2 is 1.86 bits per heavy atom. The highest BCUT2D eigenvalue weighted by molar-refractivity contribution is 5.87. The fourth-order valence-corrected chi connectivity index (χ4v) is 5.26. The Bertz CT molecular complexity index is 509. The van der Waals surface area contributed by atoms with Gasteiger partial charge in [-0.15, -0.1) is 0 Å². The number of carbonyl (C=O) groups excluding carboxylic acids is 1. The average Bonchev–Trinajstić information content (AvgIpc) is 2.94. The molecule has 4 bridgehead atoms. The minimum Gasteiger partial charge on any atom is -0.464 e. The number of rotatable bonds is 4. The predicted molar refractivity (Wildman–Crippen MR) is 79.8 cm³/mol. The quantitative estimate of drug-likeness (QED) is 0.838. The Morgan fingerprint density at radius 3 is 2.48 bits per heavy atom. The number of H-pyrrole nitrogens is 1. The van der Waals surface area contributed by atoms with Crippen molar-refractivity contribution in [1.29, 1.82) is 0 Å². The van der Waals surface area contributed by atoms with Crippen LogP contribution in [0.25, 0.3) is 0 Å². The van der Waals surface area contributed by atoms with Gasteiger partial charge in [-0.25, -0.2) is 4.79 Å². The van der Waals surface area contributed by atoms with E-state index in [4.69, 9.17) is 4.74 Å². The fraction of sp³-hybridized carbons (Fsp3) is 0.706. The highest BCUT2D eigenvalue weighted by Crippen LogP contribution is 2.53. The molecular formula is C17H24N2O2. The summed E-state index contributed by atoms with van der Waals surface area (Å²) in [7, 11) is 1.41. The molecule has 0 aliphatic heterocycles. The van der Waals surface area contributed by atoms with E-state index in [1.54, 1.807) is 6.07 Å². The van der Waals surface area contributed by atoms with Gasteiger partial charge in [0.2, 0.25) is 0 Å². The number of ether oxygens (including phenoxy) is 1. The summed E-state index contributed by atoms with van der Waals surface area (Å²) >= 11 is 0. The maximum absolute atomic E-state index is 11.5. The average molecular weight is 288 g/mol. The van der Waals surface area contributed by atoms with E-state index >= 15 is 0 Å². The number of aromatic amines is 1. The summed E-state index contributed by atoms with van der Waals surface area (Å²) < 4.78 is 4.73. The molecule has 0 aromatic carbocycles. The van der Waals surface area contributed by atoms with E-state index in [0.717, 1.165) is 35.9 Å². The zero-order valence-corrected chi connectivity index (χ0v) is 12.6. The van der Waals surface area contributed by atoms with Gasteiger partial charge in [0.05, 0.1) is 7.11 Å². The van der Waals surface area contributed by atoms with Gasteiger partial charge in [0, 0.05) is 18.3 Å². The summed E-state index contributed by atoms with van der Waals surface area (Å²) in [4.78, 5) is 14.6. The first-order valence-corrected chi connectivity index (χ1v) is 8.22. The number of methoxy groups -OCH3 is 1. The molecule has 5 rings (SSSR count). The van der Waals surface area contributed by atoms with Crippen LogP contribution in [-0.4, -0.2) is 24.1 Å². The Kier molecular flexibility index (Phi) is 3.29. The second kappa shape index (κ2) is 5.16. The number of hydrogen-bond acceptors (Lipinski definition) is 3. The molecule has 21 heavy (non-hydrogen) atoms. The molecule has 0 amide bonds. The van der Waals surface area contributed by atoms with E-state index in [2.05, 4.69) is 10.3 Å². The highest BCUT2D eigenvalue weighted by Gasteiger charge is 2.47. The van der Waals surface area contributed by atoms with Gasteiger partial charge in [0.1, 0.15) is 5.69 Å². The van der Waals surface area contributed by atoms with Gasteiger partial charge < -0.3 is 15.0 Å². The molecule has 0 saturated heterocycles. The van der Waals surface area contributed by atoms with Crippen molar-refractivity contribution in [1.82, 2.24) is 10.3 Å². The van der Waals surface area contributed by atoms with E-state index in [1.807, 2.05) is 6.07 Å². The minimum absolute atomic E-state index is 0.295. The molecular weight excluding hydrogens is 264 g/mol. The van der Waals surface area contributed by atoms with E-state index < -0.39 is 0 Å². The molecule has 0 atom stereocenters. The molecule has 4 aliphatic rings. The molecule has 4 fully saturated rings. The minimum atomic E-state index is -0.295. The van der Waals surface area contributed by atoms with Gasteiger partial charge in [-0.1, -0.05) is 0 Å². The van der Waals surface area contributed by atoms with Gasteiger partial charge >= 0.3 is 5.97 Å². The zero-order chi connectivity index (χ0) is 14.4. The standard InChI is InChI=1S/C17H24N2O2/c1-21-17(20)15-3-2-14(19-15)9-18-16-12-5-10-4-11(7-12)8-13(16)6-10/h2-3,10-13,16,18-19H,4-9H2,1H3. The summed E-state index contributed by atoms with van der Waals surface area (Å²) in [6.45, 7) is 0.823. The monoisotopic (exact) mass is 288 g/mol. The number of aromatic nitrogens is 1. The normalized spacial score (nSPS) is 36.9. The number of carbonyl (C=O) groups is 1. The summed E-state index contributed by atoms with van der Waals surface area (Å²) in [5.41, 5.74) is 1.61. The Morgan fingerprint density at radius 1 is 1.19 bits per heavy atom. The topological polar surface area (TPSA) is 54.1 Å². The summed E-state index contributed by atoms with van der Waals surface area (Å²) in [5.74, 6) is 3.51. The molecule has 0 spiro atoms. The maximum atomic E-state index is 11.5. The molecule has 1 aromatic heterocycles. The van der Waals surface area contributed by atoms with E-state index in [0.29, 0.717) is 11.7 Å². The van der Waals surface area contributed by atoms with E-state index in [9.17, 15) is 4.79 Å². The lowest BCUT2D eigenvalue weighted by Crippen LogP contribution is -2.54. The van der Waals surface area contributed by atoms with Gasteiger partial charge in [-0.3, -0.25) is 0 Å². The number of esters is 1. The second-order valence-corrected chi connectivity index (χ2v) is 7.23. The van der Waals surface area contributed by atoms with Crippen molar-refractivity contribution in [3.05, 3.63) is 23.5 Å². The Hall–Kier alpha value is -1.29. The molecule has 0 radical (unpaired) electrons. The van der Waals surface area contributed by atoms with Crippen LogP contribution in [0.15, 0.2) is 12.1 Å². The molecule has 2 N–H and O–H groups in total. The third-order valence-electron chi connectivity index (χ3n) is 5.91. The second-order valence-electron chi connectivity index (χ2n) is 7.23. The number of hydrogen-bond donors (Lipinski definition) is 2. The molecule has 4 saturated carbocycles. The van der Waals surface area contributed by atoms with E-state index in [-0.39, 0.29) is 5.97 Å². The first kappa shape index (κ1) is 13.4. The van der Waals surface area contributed by atoms with Crippen LogP contribution in [-0.2, 0) is 11.3 Å². The molecule has 4 nitrogen and oxygen atoms in total. The van der Waals surface area contributed by atoms with Crippen molar-refractivity contribution < 1.29 is 9.53 Å². The SMILES string of the molecule is COC(=O)c1ccc(CNC2C3CC4CC(C3)CC2C4)[nH]1.